The summed E-state index contributed by atoms with van der Waals surface area (Å²) >= 11 is 27.4. The maximum Gasteiger partial charge on any atom is 0.176 e. The van der Waals surface area contributed by atoms with Crippen LogP contribution in [0.3, 0.4) is 0 Å². The highest BCUT2D eigenvalue weighted by molar-refractivity contribution is 9.10. The second kappa shape index (κ2) is 10.8. The van der Waals surface area contributed by atoms with Gasteiger partial charge in [-0.1, -0.05) is 46.9 Å². The Hall–Kier alpha value is -2.17. The minimum atomic E-state index is -0.390. The number of aryl methyl sites for hydroxylation is 1. The monoisotopic (exact) mass is 614 g/mol. The molecular weight excluding hydrogens is 598 g/mol. The van der Waals surface area contributed by atoms with Crippen LogP contribution in [-0.4, -0.2) is 24.7 Å². The molecule has 0 saturated heterocycles. The van der Waals surface area contributed by atoms with Crippen molar-refractivity contribution in [2.75, 3.05) is 10.6 Å². The van der Waals surface area contributed by atoms with Crippen LogP contribution in [0.15, 0.2) is 47.1 Å². The Morgan fingerprint density at radius 2 is 1.83 bits per heavy atom. The van der Waals surface area contributed by atoms with Gasteiger partial charge in [0, 0.05) is 26.8 Å². The number of aromatic nitrogens is 4. The summed E-state index contributed by atoms with van der Waals surface area (Å²) in [5.74, 6) is 0.0873. The first-order chi connectivity index (χ1) is 16.6. The summed E-state index contributed by atoms with van der Waals surface area (Å²) in [6.07, 6.45) is 1.72. The minimum absolute atomic E-state index is 0.171. The molecule has 0 atom stereocenters. The molecule has 0 amide bonds. The van der Waals surface area contributed by atoms with Gasteiger partial charge in [-0.25, -0.2) is 4.39 Å². The van der Waals surface area contributed by atoms with Gasteiger partial charge in [-0.3, -0.25) is 9.36 Å². The Labute approximate surface area is 230 Å². The van der Waals surface area contributed by atoms with E-state index >= 15 is 0 Å². The van der Waals surface area contributed by atoms with E-state index in [0.29, 0.717) is 42.6 Å². The third-order valence-electron chi connectivity index (χ3n) is 5.29. The average molecular weight is 617 g/mol. The van der Waals surface area contributed by atoms with Crippen molar-refractivity contribution in [1.29, 1.82) is 0 Å². The van der Waals surface area contributed by atoms with E-state index in [-0.39, 0.29) is 6.54 Å². The second-order valence-corrected chi connectivity index (χ2v) is 10.3. The predicted octanol–water partition coefficient (Wildman–Crippen LogP) is 7.46. The zero-order chi connectivity index (χ0) is 25.3. The highest BCUT2D eigenvalue weighted by Crippen LogP contribution is 2.27. The van der Waals surface area contributed by atoms with Crippen molar-refractivity contribution in [3.05, 3.63) is 90.5 Å². The lowest BCUT2D eigenvalue weighted by Crippen LogP contribution is -2.20. The van der Waals surface area contributed by atoms with Gasteiger partial charge in [0.15, 0.2) is 10.9 Å². The minimum Gasteiger partial charge on any atom is -0.329 e. The van der Waals surface area contributed by atoms with Gasteiger partial charge >= 0.3 is 0 Å². The molecule has 2 aromatic heterocycles. The summed E-state index contributed by atoms with van der Waals surface area (Å²) in [4.78, 5) is 0. The van der Waals surface area contributed by atoms with E-state index in [0.717, 1.165) is 22.6 Å². The van der Waals surface area contributed by atoms with E-state index in [4.69, 9.17) is 47.0 Å². The van der Waals surface area contributed by atoms with E-state index in [1.807, 2.05) is 24.6 Å². The van der Waals surface area contributed by atoms with Crippen molar-refractivity contribution in [3.8, 4) is 0 Å². The Balaban J connectivity index is 1.46. The van der Waals surface area contributed by atoms with Crippen LogP contribution in [0.2, 0.25) is 15.1 Å². The number of nitrogens with one attached hydrogen (secondary N) is 2. The van der Waals surface area contributed by atoms with E-state index in [2.05, 4.69) is 36.8 Å². The van der Waals surface area contributed by atoms with Crippen LogP contribution >= 0.6 is 63.0 Å². The molecule has 182 valence electrons. The molecule has 0 aliphatic carbocycles. The number of hydrogen-bond donors (Lipinski definition) is 2. The highest BCUT2D eigenvalue weighted by atomic mass is 79.9. The van der Waals surface area contributed by atoms with Crippen LogP contribution in [0, 0.1) is 19.7 Å². The maximum atomic E-state index is 14.1. The number of benzene rings is 2. The average Bonchev–Trinajstić information content (AvgIpc) is 3.26. The molecule has 6 nitrogen and oxygen atoms in total. The summed E-state index contributed by atoms with van der Waals surface area (Å²) in [5, 5.41) is 17.1. The lowest BCUT2D eigenvalue weighted by molar-refractivity contribution is 0.586. The smallest absolute Gasteiger partial charge is 0.176 e. The summed E-state index contributed by atoms with van der Waals surface area (Å²) in [7, 11) is 0. The molecule has 4 rings (SSSR count). The van der Waals surface area contributed by atoms with Gasteiger partial charge in [0.2, 0.25) is 0 Å². The fourth-order valence-corrected chi connectivity index (χ4v) is 4.81. The van der Waals surface area contributed by atoms with Crippen molar-refractivity contribution < 1.29 is 4.39 Å². The van der Waals surface area contributed by atoms with Gasteiger partial charge < -0.3 is 10.6 Å². The predicted molar refractivity (Wildman–Crippen MR) is 148 cm³/mol. The van der Waals surface area contributed by atoms with Crippen LogP contribution in [0.25, 0.3) is 0 Å². The molecule has 0 aliphatic heterocycles. The zero-order valence-corrected chi connectivity index (χ0v) is 23.2. The molecule has 0 aliphatic rings. The van der Waals surface area contributed by atoms with Gasteiger partial charge in [0.25, 0.3) is 0 Å². The zero-order valence-electron chi connectivity index (χ0n) is 18.5. The lowest BCUT2D eigenvalue weighted by atomic mass is 10.2. The molecule has 0 fully saturated rings. The lowest BCUT2D eigenvalue weighted by Gasteiger charge is -2.11. The van der Waals surface area contributed by atoms with E-state index in [9.17, 15) is 4.39 Å². The molecule has 0 radical (unpaired) electrons. The molecule has 12 heteroatoms. The number of nitrogens with zero attached hydrogens (tertiary/aromatic N) is 4. The van der Waals surface area contributed by atoms with Gasteiger partial charge in [-0.05, 0) is 71.8 Å². The van der Waals surface area contributed by atoms with Gasteiger partial charge in [0.05, 0.1) is 34.6 Å². The number of rotatable bonds is 6. The van der Waals surface area contributed by atoms with Gasteiger partial charge in [-0.15, -0.1) is 0 Å². The van der Waals surface area contributed by atoms with Crippen molar-refractivity contribution in [1.82, 2.24) is 19.6 Å². The van der Waals surface area contributed by atoms with E-state index in [1.165, 1.54) is 6.07 Å². The van der Waals surface area contributed by atoms with Crippen LogP contribution in [-0.2, 0) is 13.1 Å². The number of thiocarbonyl (C=S) groups is 1. The largest absolute Gasteiger partial charge is 0.329 e. The number of hydrogen-bond acceptors (Lipinski definition) is 3. The number of halogens is 5. The van der Waals surface area contributed by atoms with Crippen LogP contribution in [0.4, 0.5) is 15.9 Å². The second-order valence-electron chi connectivity index (χ2n) is 7.74. The van der Waals surface area contributed by atoms with Crippen molar-refractivity contribution in [3.63, 3.8) is 0 Å². The molecule has 2 N–H and O–H groups in total. The van der Waals surface area contributed by atoms with Crippen LogP contribution in [0.5, 0.6) is 0 Å². The first-order valence-electron chi connectivity index (χ1n) is 10.3. The van der Waals surface area contributed by atoms with E-state index in [1.54, 1.807) is 35.1 Å². The standard InChI is InChI=1S/C23H19BrCl3FN6S/c1-12-21(13(2)34(31-12)9-14-6-7-15(25)8-19(14)27)29-23(35)30-22-17(24)11-33(32-22)10-16-18(26)4-3-5-20(16)28/h3-8,11H,9-10H2,1-2H3,(H2,29,30,32,35). The SMILES string of the molecule is Cc1nn(Cc2ccc(Cl)cc2Cl)c(C)c1NC(=S)Nc1nn(Cc2c(F)cccc2Cl)cc1Br. The Kier molecular flexibility index (Phi) is 8.02. The molecule has 4 aromatic rings. The third-order valence-corrected chi connectivity index (χ3v) is 7.01. The highest BCUT2D eigenvalue weighted by Gasteiger charge is 2.16. The first-order valence-corrected chi connectivity index (χ1v) is 12.7. The summed E-state index contributed by atoms with van der Waals surface area (Å²) < 4.78 is 18.2. The fraction of sp³-hybridized carbons (Fsp3) is 0.174. The molecule has 2 aromatic carbocycles. The van der Waals surface area contributed by atoms with Gasteiger partial charge in [-0.2, -0.15) is 10.2 Å². The van der Waals surface area contributed by atoms with Crippen molar-refractivity contribution >= 4 is 79.6 Å². The Morgan fingerprint density at radius 1 is 1.06 bits per heavy atom. The van der Waals surface area contributed by atoms with Crippen LogP contribution in [0.1, 0.15) is 22.5 Å². The molecule has 0 bridgehead atoms. The molecular formula is C23H19BrCl3FN6S. The maximum absolute atomic E-state index is 14.1. The topological polar surface area (TPSA) is 59.7 Å². The summed E-state index contributed by atoms with van der Waals surface area (Å²) in [6.45, 7) is 4.49. The summed E-state index contributed by atoms with van der Waals surface area (Å²) in [5.41, 5.74) is 3.70. The van der Waals surface area contributed by atoms with E-state index < -0.39 is 5.82 Å². The fourth-order valence-electron chi connectivity index (χ4n) is 3.50. The van der Waals surface area contributed by atoms with Crippen LogP contribution < -0.4 is 10.6 Å². The summed E-state index contributed by atoms with van der Waals surface area (Å²) in [6, 6.07) is 9.95. The van der Waals surface area contributed by atoms with Gasteiger partial charge in [0.1, 0.15) is 5.82 Å². The molecule has 35 heavy (non-hydrogen) atoms. The Bertz CT molecular complexity index is 1400. The molecule has 0 spiro atoms. The molecule has 2 heterocycles. The quantitative estimate of drug-likeness (QED) is 0.220. The third kappa shape index (κ3) is 5.98. The first kappa shape index (κ1) is 25.9. The van der Waals surface area contributed by atoms with Crippen molar-refractivity contribution in [2.45, 2.75) is 26.9 Å². The molecule has 0 saturated carbocycles. The number of anilines is 2. The molecule has 0 unspecified atom stereocenters. The Morgan fingerprint density at radius 3 is 2.54 bits per heavy atom. The van der Waals surface area contributed by atoms with Crippen molar-refractivity contribution in [2.24, 2.45) is 0 Å². The normalized spacial score (nSPS) is 11.1.